The molecule has 3 rings (SSSR count). The lowest BCUT2D eigenvalue weighted by Crippen LogP contribution is -2.40. The van der Waals surface area contributed by atoms with E-state index < -0.39 is 15.9 Å². The summed E-state index contributed by atoms with van der Waals surface area (Å²) in [6.45, 7) is 3.93. The highest BCUT2D eigenvalue weighted by Gasteiger charge is 2.32. The second kappa shape index (κ2) is 7.60. The van der Waals surface area contributed by atoms with Crippen molar-refractivity contribution in [3.8, 4) is 0 Å². The van der Waals surface area contributed by atoms with Crippen LogP contribution in [0.15, 0.2) is 48.5 Å². The van der Waals surface area contributed by atoms with E-state index in [0.29, 0.717) is 6.42 Å². The minimum Gasteiger partial charge on any atom is -0.324 e. The summed E-state index contributed by atoms with van der Waals surface area (Å²) in [5.41, 5.74) is 3.65. The lowest BCUT2D eigenvalue weighted by molar-refractivity contribution is -0.118. The minimum atomic E-state index is -3.01. The summed E-state index contributed by atoms with van der Waals surface area (Å²) < 4.78 is 23.5. The fourth-order valence-electron chi connectivity index (χ4n) is 3.21. The maximum atomic E-state index is 13.0. The molecule has 1 saturated heterocycles. The van der Waals surface area contributed by atoms with E-state index in [4.69, 9.17) is 0 Å². The topological polar surface area (TPSA) is 75.3 Å². The molecule has 1 aliphatic heterocycles. The van der Waals surface area contributed by atoms with Gasteiger partial charge in [0.05, 0.1) is 11.5 Å². The van der Waals surface area contributed by atoms with Gasteiger partial charge in [0.15, 0.2) is 9.84 Å². The Balaban J connectivity index is 1.83. The van der Waals surface area contributed by atoms with Gasteiger partial charge in [0.25, 0.3) is 0 Å². The van der Waals surface area contributed by atoms with Crippen LogP contribution in [0.4, 0.5) is 5.69 Å². The molecule has 1 fully saturated rings. The second-order valence-electron chi connectivity index (χ2n) is 6.92. The monoisotopic (exact) mass is 372 g/mol. The van der Waals surface area contributed by atoms with Gasteiger partial charge in [0.2, 0.25) is 5.91 Å². The molecule has 2 atom stereocenters. The highest BCUT2D eigenvalue weighted by Crippen LogP contribution is 2.22. The molecule has 0 bridgehead atoms. The summed E-state index contributed by atoms with van der Waals surface area (Å²) in [5, 5.41) is 6.24. The van der Waals surface area contributed by atoms with Crippen molar-refractivity contribution in [1.29, 1.82) is 0 Å². The highest BCUT2D eigenvalue weighted by atomic mass is 32.2. The van der Waals surface area contributed by atoms with Gasteiger partial charge in [-0.2, -0.15) is 0 Å². The lowest BCUT2D eigenvalue weighted by atomic mass is 10.0. The molecule has 1 aliphatic rings. The summed E-state index contributed by atoms with van der Waals surface area (Å²) in [6.07, 6.45) is 0.530. The van der Waals surface area contributed by atoms with Crippen LogP contribution in [-0.2, 0) is 14.6 Å². The van der Waals surface area contributed by atoms with Crippen LogP contribution in [0.2, 0.25) is 0 Å². The van der Waals surface area contributed by atoms with Crippen molar-refractivity contribution in [2.75, 3.05) is 16.8 Å². The first kappa shape index (κ1) is 18.6. The van der Waals surface area contributed by atoms with Gasteiger partial charge >= 0.3 is 0 Å². The average Bonchev–Trinajstić information content (AvgIpc) is 2.95. The summed E-state index contributed by atoms with van der Waals surface area (Å²) >= 11 is 0. The van der Waals surface area contributed by atoms with Crippen molar-refractivity contribution in [2.24, 2.45) is 0 Å². The normalized spacial score (nSPS) is 19.8. The third-order valence-electron chi connectivity index (χ3n) is 4.68. The molecule has 5 nitrogen and oxygen atoms in total. The Labute approximate surface area is 154 Å². The van der Waals surface area contributed by atoms with Crippen LogP contribution >= 0.6 is 0 Å². The Kier molecular flexibility index (Phi) is 5.44. The Morgan fingerprint density at radius 1 is 1.12 bits per heavy atom. The van der Waals surface area contributed by atoms with Crippen molar-refractivity contribution >= 4 is 21.4 Å². The first-order valence-electron chi connectivity index (χ1n) is 8.73. The Morgan fingerprint density at radius 2 is 1.85 bits per heavy atom. The highest BCUT2D eigenvalue weighted by molar-refractivity contribution is 7.91. The smallest absolute Gasteiger partial charge is 0.246 e. The lowest BCUT2D eigenvalue weighted by Gasteiger charge is -2.23. The number of sulfone groups is 1. The molecule has 0 unspecified atom stereocenters. The number of benzene rings is 2. The molecule has 2 aromatic carbocycles. The Morgan fingerprint density at radius 3 is 2.50 bits per heavy atom. The van der Waals surface area contributed by atoms with Crippen molar-refractivity contribution in [3.63, 3.8) is 0 Å². The van der Waals surface area contributed by atoms with E-state index in [2.05, 4.69) is 10.6 Å². The van der Waals surface area contributed by atoms with Crippen LogP contribution < -0.4 is 10.6 Å². The van der Waals surface area contributed by atoms with Crippen LogP contribution in [0.3, 0.4) is 0 Å². The summed E-state index contributed by atoms with van der Waals surface area (Å²) in [6, 6.07) is 14.5. The molecule has 1 heterocycles. The zero-order chi connectivity index (χ0) is 18.7. The average molecular weight is 372 g/mol. The molecule has 0 spiro atoms. The fraction of sp³-hybridized carbons (Fsp3) is 0.350. The van der Waals surface area contributed by atoms with Gasteiger partial charge in [0, 0.05) is 11.7 Å². The molecule has 0 saturated carbocycles. The third kappa shape index (κ3) is 4.51. The maximum Gasteiger partial charge on any atom is 0.246 e. The van der Waals surface area contributed by atoms with E-state index in [9.17, 15) is 13.2 Å². The third-order valence-corrected chi connectivity index (χ3v) is 6.45. The molecule has 2 aromatic rings. The SMILES string of the molecule is Cc1ccc(C)c(NC(=O)[C@@H](N[C@H]2CCS(=O)(=O)C2)c2ccccc2)c1. The van der Waals surface area contributed by atoms with Gasteiger partial charge in [-0.05, 0) is 43.0 Å². The van der Waals surface area contributed by atoms with Gasteiger partial charge in [-0.25, -0.2) is 8.42 Å². The van der Waals surface area contributed by atoms with Gasteiger partial charge in [0.1, 0.15) is 6.04 Å². The van der Waals surface area contributed by atoms with Gasteiger partial charge in [-0.15, -0.1) is 0 Å². The number of anilines is 1. The number of nitrogens with one attached hydrogen (secondary N) is 2. The van der Waals surface area contributed by atoms with E-state index in [0.717, 1.165) is 22.4 Å². The quantitative estimate of drug-likeness (QED) is 0.846. The minimum absolute atomic E-state index is 0.0765. The van der Waals surface area contributed by atoms with Gasteiger partial charge < -0.3 is 5.32 Å². The molecule has 0 radical (unpaired) electrons. The van der Waals surface area contributed by atoms with Crippen LogP contribution in [0, 0.1) is 13.8 Å². The molecule has 26 heavy (non-hydrogen) atoms. The second-order valence-corrected chi connectivity index (χ2v) is 9.15. The van der Waals surface area contributed by atoms with E-state index >= 15 is 0 Å². The summed E-state index contributed by atoms with van der Waals surface area (Å²) in [4.78, 5) is 13.0. The first-order valence-corrected chi connectivity index (χ1v) is 10.6. The fourth-order valence-corrected chi connectivity index (χ4v) is 4.89. The van der Waals surface area contributed by atoms with E-state index in [-0.39, 0.29) is 23.5 Å². The van der Waals surface area contributed by atoms with Crippen LogP contribution in [0.1, 0.15) is 29.2 Å². The van der Waals surface area contributed by atoms with Crippen LogP contribution in [0.25, 0.3) is 0 Å². The summed E-state index contributed by atoms with van der Waals surface area (Å²) in [7, 11) is -3.01. The van der Waals surface area contributed by atoms with E-state index in [1.165, 1.54) is 0 Å². The number of amides is 1. The number of carbonyl (C=O) groups excluding carboxylic acids is 1. The molecular formula is C20H24N2O3S. The van der Waals surface area contributed by atoms with Crippen LogP contribution in [0.5, 0.6) is 0 Å². The number of hydrogen-bond acceptors (Lipinski definition) is 4. The number of hydrogen-bond donors (Lipinski definition) is 2. The van der Waals surface area contributed by atoms with E-state index in [1.54, 1.807) is 0 Å². The first-order chi connectivity index (χ1) is 12.3. The molecule has 138 valence electrons. The molecule has 1 amide bonds. The largest absolute Gasteiger partial charge is 0.324 e. The Hall–Kier alpha value is -2.18. The summed E-state index contributed by atoms with van der Waals surface area (Å²) in [5.74, 6) is 0.0620. The molecule has 2 N–H and O–H groups in total. The predicted molar refractivity (Wildman–Crippen MR) is 104 cm³/mol. The zero-order valence-corrected chi connectivity index (χ0v) is 15.8. The molecule has 0 aliphatic carbocycles. The molecule has 6 heteroatoms. The van der Waals surface area contributed by atoms with Crippen LogP contribution in [-0.4, -0.2) is 31.9 Å². The maximum absolute atomic E-state index is 13.0. The standard InChI is InChI=1S/C20H24N2O3S/c1-14-8-9-15(2)18(12-14)22-20(23)19(16-6-4-3-5-7-16)21-17-10-11-26(24,25)13-17/h3-9,12,17,19,21H,10-11,13H2,1-2H3,(H,22,23)/t17-,19-/m0/s1. The zero-order valence-electron chi connectivity index (χ0n) is 15.0. The number of aryl methyl sites for hydroxylation is 2. The predicted octanol–water partition coefficient (Wildman–Crippen LogP) is 2.76. The molecule has 0 aromatic heterocycles. The van der Waals surface area contributed by atoms with Crippen molar-refractivity contribution in [3.05, 3.63) is 65.2 Å². The van der Waals surface area contributed by atoms with Crippen molar-refractivity contribution < 1.29 is 13.2 Å². The van der Waals surface area contributed by atoms with Crippen molar-refractivity contribution in [2.45, 2.75) is 32.4 Å². The Bertz CT molecular complexity index is 895. The van der Waals surface area contributed by atoms with Gasteiger partial charge in [-0.3, -0.25) is 10.1 Å². The molecular weight excluding hydrogens is 348 g/mol. The number of carbonyl (C=O) groups is 1. The van der Waals surface area contributed by atoms with Gasteiger partial charge in [-0.1, -0.05) is 42.5 Å². The van der Waals surface area contributed by atoms with Crippen molar-refractivity contribution in [1.82, 2.24) is 5.32 Å². The van der Waals surface area contributed by atoms with E-state index in [1.807, 2.05) is 62.4 Å². The number of rotatable bonds is 5.